The summed E-state index contributed by atoms with van der Waals surface area (Å²) < 4.78 is 11.1. The van der Waals surface area contributed by atoms with E-state index in [4.69, 9.17) is 9.47 Å². The van der Waals surface area contributed by atoms with Gasteiger partial charge in [-0.3, -0.25) is 9.78 Å². The molecule has 1 amide bonds. The lowest BCUT2D eigenvalue weighted by Crippen LogP contribution is -2.55. The highest BCUT2D eigenvalue weighted by atomic mass is 16.5. The summed E-state index contributed by atoms with van der Waals surface area (Å²) in [5, 5.41) is 0. The number of amides is 1. The Morgan fingerprint density at radius 2 is 2.30 bits per heavy atom. The third-order valence-electron chi connectivity index (χ3n) is 3.24. The Morgan fingerprint density at radius 3 is 2.95 bits per heavy atom. The smallest absolute Gasteiger partial charge is 0.255 e. The van der Waals surface area contributed by atoms with Gasteiger partial charge < -0.3 is 14.4 Å². The first-order chi connectivity index (χ1) is 9.41. The number of aryl methyl sites for hydroxylation is 1. The number of methoxy groups -OCH3 is 1. The van der Waals surface area contributed by atoms with Crippen molar-refractivity contribution in [2.45, 2.75) is 32.5 Å². The number of hydrogen-bond acceptors (Lipinski definition) is 4. The second kappa shape index (κ2) is 5.89. The van der Waals surface area contributed by atoms with Gasteiger partial charge in [0.1, 0.15) is 0 Å². The van der Waals surface area contributed by atoms with Crippen molar-refractivity contribution in [1.82, 2.24) is 9.88 Å². The van der Waals surface area contributed by atoms with Crippen LogP contribution in [0.2, 0.25) is 0 Å². The lowest BCUT2D eigenvalue weighted by atomic mass is 10.0. The molecular formula is C15H22N2O3. The first kappa shape index (κ1) is 14.9. The molecule has 0 spiro atoms. The molecule has 110 valence electrons. The highest BCUT2D eigenvalue weighted by Crippen LogP contribution is 2.22. The molecule has 1 aliphatic heterocycles. The molecule has 5 nitrogen and oxygen atoms in total. The molecule has 1 aliphatic rings. The fourth-order valence-electron chi connectivity index (χ4n) is 2.58. The maximum atomic E-state index is 12.6. The second-order valence-corrected chi connectivity index (χ2v) is 5.89. The molecule has 0 saturated carbocycles. The number of pyridine rings is 1. The van der Waals surface area contributed by atoms with Gasteiger partial charge in [0.2, 0.25) is 0 Å². The largest absolute Gasteiger partial charge is 0.382 e. The Balaban J connectivity index is 2.16. The zero-order valence-corrected chi connectivity index (χ0v) is 12.5. The average molecular weight is 278 g/mol. The molecule has 20 heavy (non-hydrogen) atoms. The molecule has 1 fully saturated rings. The number of hydrogen-bond donors (Lipinski definition) is 0. The SMILES string of the molecule is COC[C@@H]1CN(C(=O)c2cncc(C)c2)CC(C)(C)O1. The fraction of sp³-hybridized carbons (Fsp3) is 0.600. The highest BCUT2D eigenvalue weighted by molar-refractivity contribution is 5.94. The molecule has 1 aromatic heterocycles. The molecule has 1 saturated heterocycles. The number of nitrogens with zero attached hydrogens (tertiary/aromatic N) is 2. The molecule has 0 aliphatic carbocycles. The van der Waals surface area contributed by atoms with Crippen LogP contribution in [0.25, 0.3) is 0 Å². The van der Waals surface area contributed by atoms with E-state index < -0.39 is 0 Å². The zero-order chi connectivity index (χ0) is 14.8. The predicted molar refractivity (Wildman–Crippen MR) is 75.7 cm³/mol. The van der Waals surface area contributed by atoms with Crippen LogP contribution in [0.3, 0.4) is 0 Å². The number of carbonyl (C=O) groups is 1. The Morgan fingerprint density at radius 1 is 1.55 bits per heavy atom. The molecule has 0 bridgehead atoms. The van der Waals surface area contributed by atoms with Crippen LogP contribution in [-0.2, 0) is 9.47 Å². The summed E-state index contributed by atoms with van der Waals surface area (Å²) in [7, 11) is 1.64. The molecule has 1 aromatic rings. The van der Waals surface area contributed by atoms with E-state index in [2.05, 4.69) is 4.98 Å². The van der Waals surface area contributed by atoms with Crippen molar-refractivity contribution in [3.8, 4) is 0 Å². The molecule has 2 heterocycles. The summed E-state index contributed by atoms with van der Waals surface area (Å²) in [5.41, 5.74) is 1.24. The van der Waals surface area contributed by atoms with E-state index in [-0.39, 0.29) is 17.6 Å². The lowest BCUT2D eigenvalue weighted by molar-refractivity contribution is -0.143. The first-order valence-electron chi connectivity index (χ1n) is 6.79. The number of morpholine rings is 1. The molecule has 0 unspecified atom stereocenters. The van der Waals surface area contributed by atoms with Gasteiger partial charge in [0, 0.05) is 32.6 Å². The predicted octanol–water partition coefficient (Wildman–Crippen LogP) is 1.66. The molecule has 0 aromatic carbocycles. The van der Waals surface area contributed by atoms with Crippen molar-refractivity contribution in [3.63, 3.8) is 0 Å². The van der Waals surface area contributed by atoms with Crippen LogP contribution in [0, 0.1) is 6.92 Å². The Labute approximate surface area is 119 Å². The van der Waals surface area contributed by atoms with Crippen LogP contribution in [0.5, 0.6) is 0 Å². The Hall–Kier alpha value is -1.46. The standard InChI is InChI=1S/C15H22N2O3/c1-11-5-12(7-16-6-11)14(18)17-8-13(9-19-4)20-15(2,3)10-17/h5-7,13H,8-10H2,1-4H3/t13-/m0/s1. The van der Waals surface area contributed by atoms with Gasteiger partial charge in [-0.25, -0.2) is 0 Å². The third-order valence-corrected chi connectivity index (χ3v) is 3.24. The summed E-state index contributed by atoms with van der Waals surface area (Å²) >= 11 is 0. The van der Waals surface area contributed by atoms with E-state index in [0.29, 0.717) is 25.3 Å². The van der Waals surface area contributed by atoms with E-state index in [1.165, 1.54) is 0 Å². The summed E-state index contributed by atoms with van der Waals surface area (Å²) in [4.78, 5) is 18.5. The first-order valence-corrected chi connectivity index (χ1v) is 6.79. The minimum absolute atomic E-state index is 0.00122. The van der Waals surface area contributed by atoms with Gasteiger partial charge in [0.25, 0.3) is 5.91 Å². The van der Waals surface area contributed by atoms with Crippen LogP contribution in [0.1, 0.15) is 29.8 Å². The van der Waals surface area contributed by atoms with Crippen molar-refractivity contribution >= 4 is 5.91 Å². The Kier molecular flexibility index (Phi) is 4.40. The minimum Gasteiger partial charge on any atom is -0.382 e. The van der Waals surface area contributed by atoms with Crippen molar-refractivity contribution in [3.05, 3.63) is 29.6 Å². The van der Waals surface area contributed by atoms with Gasteiger partial charge in [-0.05, 0) is 32.4 Å². The van der Waals surface area contributed by atoms with Crippen molar-refractivity contribution < 1.29 is 14.3 Å². The quantitative estimate of drug-likeness (QED) is 0.843. The van der Waals surface area contributed by atoms with Gasteiger partial charge >= 0.3 is 0 Å². The molecule has 0 N–H and O–H groups in total. The van der Waals surface area contributed by atoms with Crippen LogP contribution in [-0.4, -0.2) is 54.3 Å². The second-order valence-electron chi connectivity index (χ2n) is 5.89. The van der Waals surface area contributed by atoms with E-state index in [9.17, 15) is 4.79 Å². The van der Waals surface area contributed by atoms with Gasteiger partial charge in [0.15, 0.2) is 0 Å². The number of carbonyl (C=O) groups excluding carboxylic acids is 1. The zero-order valence-electron chi connectivity index (χ0n) is 12.5. The number of rotatable bonds is 3. The fourth-order valence-corrected chi connectivity index (χ4v) is 2.58. The van der Waals surface area contributed by atoms with Gasteiger partial charge in [0.05, 0.1) is 23.9 Å². The van der Waals surface area contributed by atoms with E-state index in [1.807, 2.05) is 31.7 Å². The van der Waals surface area contributed by atoms with E-state index in [0.717, 1.165) is 5.56 Å². The Bertz CT molecular complexity index is 488. The monoisotopic (exact) mass is 278 g/mol. The van der Waals surface area contributed by atoms with E-state index in [1.54, 1.807) is 19.5 Å². The van der Waals surface area contributed by atoms with Crippen LogP contribution in [0.4, 0.5) is 0 Å². The van der Waals surface area contributed by atoms with Crippen LogP contribution in [0.15, 0.2) is 18.5 Å². The maximum Gasteiger partial charge on any atom is 0.255 e. The van der Waals surface area contributed by atoms with Gasteiger partial charge in [-0.15, -0.1) is 0 Å². The molecule has 5 heteroatoms. The molecule has 0 radical (unpaired) electrons. The lowest BCUT2D eigenvalue weighted by Gasteiger charge is -2.42. The molecular weight excluding hydrogens is 256 g/mol. The topological polar surface area (TPSA) is 51.7 Å². The summed E-state index contributed by atoms with van der Waals surface area (Å²) in [6.45, 7) is 7.51. The van der Waals surface area contributed by atoms with Crippen molar-refractivity contribution in [2.24, 2.45) is 0 Å². The van der Waals surface area contributed by atoms with Crippen molar-refractivity contribution in [1.29, 1.82) is 0 Å². The summed E-state index contributed by atoms with van der Waals surface area (Å²) in [6.07, 6.45) is 3.27. The molecule has 1 atom stereocenters. The average Bonchev–Trinajstić information content (AvgIpc) is 2.36. The normalized spacial score (nSPS) is 21.8. The summed E-state index contributed by atoms with van der Waals surface area (Å²) in [6, 6.07) is 1.86. The highest BCUT2D eigenvalue weighted by Gasteiger charge is 2.35. The van der Waals surface area contributed by atoms with Crippen LogP contribution >= 0.6 is 0 Å². The minimum atomic E-state index is -0.367. The third kappa shape index (κ3) is 3.55. The maximum absolute atomic E-state index is 12.6. The number of ether oxygens (including phenoxy) is 2. The molecule has 2 rings (SSSR count). The summed E-state index contributed by atoms with van der Waals surface area (Å²) in [5.74, 6) is -0.00122. The van der Waals surface area contributed by atoms with Crippen molar-refractivity contribution in [2.75, 3.05) is 26.8 Å². The van der Waals surface area contributed by atoms with E-state index >= 15 is 0 Å². The van der Waals surface area contributed by atoms with Crippen LogP contribution < -0.4 is 0 Å². The van der Waals surface area contributed by atoms with Gasteiger partial charge in [-0.1, -0.05) is 0 Å². The van der Waals surface area contributed by atoms with Gasteiger partial charge in [-0.2, -0.15) is 0 Å². The number of aromatic nitrogens is 1.